The van der Waals surface area contributed by atoms with E-state index in [0.29, 0.717) is 0 Å². The molecule has 1 fully saturated rings. The highest BCUT2D eigenvalue weighted by Crippen LogP contribution is 2.29. The standard InChI is InChI=1S/C16H20N2OS/c1-12-6-5-9-15-17-13(10-16(19)18(12)15)11-20-14-7-3-2-4-8-14/h5-6,9-10,14H,2-4,7-8,11H2,1H3. The smallest absolute Gasteiger partial charge is 0.258 e. The first-order valence-corrected chi connectivity index (χ1v) is 8.39. The monoisotopic (exact) mass is 288 g/mol. The molecule has 106 valence electrons. The SMILES string of the molecule is Cc1cccc2nc(CSC3CCCCC3)cc(=O)n12. The molecule has 0 spiro atoms. The zero-order chi connectivity index (χ0) is 13.9. The topological polar surface area (TPSA) is 34.4 Å². The lowest BCUT2D eigenvalue weighted by Crippen LogP contribution is -2.17. The van der Waals surface area contributed by atoms with Crippen LogP contribution in [0.15, 0.2) is 29.1 Å². The molecule has 1 aliphatic rings. The molecule has 0 saturated heterocycles. The van der Waals surface area contributed by atoms with Gasteiger partial charge in [-0.05, 0) is 31.9 Å². The Morgan fingerprint density at radius 2 is 2.10 bits per heavy atom. The number of rotatable bonds is 3. The van der Waals surface area contributed by atoms with Crippen LogP contribution in [0.3, 0.4) is 0 Å². The fourth-order valence-electron chi connectivity index (χ4n) is 2.87. The summed E-state index contributed by atoms with van der Waals surface area (Å²) in [5.41, 5.74) is 2.65. The second-order valence-electron chi connectivity index (χ2n) is 5.52. The molecule has 2 heterocycles. The molecule has 2 aromatic rings. The molecule has 0 N–H and O–H groups in total. The highest BCUT2D eigenvalue weighted by molar-refractivity contribution is 7.99. The van der Waals surface area contributed by atoms with Crippen molar-refractivity contribution in [1.82, 2.24) is 9.38 Å². The first-order chi connectivity index (χ1) is 9.74. The molecule has 2 aromatic heterocycles. The average Bonchev–Trinajstić information content (AvgIpc) is 2.46. The Kier molecular flexibility index (Phi) is 4.10. The zero-order valence-corrected chi connectivity index (χ0v) is 12.7. The molecule has 0 amide bonds. The van der Waals surface area contributed by atoms with E-state index in [2.05, 4.69) is 4.98 Å². The summed E-state index contributed by atoms with van der Waals surface area (Å²) in [5.74, 6) is 0.852. The van der Waals surface area contributed by atoms with Crippen LogP contribution in [-0.2, 0) is 5.75 Å². The van der Waals surface area contributed by atoms with Crippen molar-refractivity contribution in [2.75, 3.05) is 0 Å². The van der Waals surface area contributed by atoms with Crippen LogP contribution in [0.4, 0.5) is 0 Å². The number of hydrogen-bond donors (Lipinski definition) is 0. The maximum Gasteiger partial charge on any atom is 0.258 e. The van der Waals surface area contributed by atoms with Crippen molar-refractivity contribution in [2.24, 2.45) is 0 Å². The Hall–Kier alpha value is -1.29. The van der Waals surface area contributed by atoms with E-state index in [1.807, 2.05) is 36.9 Å². The van der Waals surface area contributed by atoms with Gasteiger partial charge in [-0.25, -0.2) is 4.98 Å². The number of aryl methyl sites for hydroxylation is 1. The summed E-state index contributed by atoms with van der Waals surface area (Å²) < 4.78 is 1.68. The first-order valence-electron chi connectivity index (χ1n) is 7.34. The summed E-state index contributed by atoms with van der Waals surface area (Å²) >= 11 is 1.96. The van der Waals surface area contributed by atoms with E-state index in [4.69, 9.17) is 0 Å². The van der Waals surface area contributed by atoms with Crippen LogP contribution in [0, 0.1) is 6.92 Å². The summed E-state index contributed by atoms with van der Waals surface area (Å²) in [5, 5.41) is 0.751. The normalized spacial score (nSPS) is 16.6. The van der Waals surface area contributed by atoms with Gasteiger partial charge < -0.3 is 0 Å². The predicted octanol–water partition coefficient (Wildman–Crippen LogP) is 3.57. The van der Waals surface area contributed by atoms with Gasteiger partial charge >= 0.3 is 0 Å². The summed E-state index contributed by atoms with van der Waals surface area (Å²) in [4.78, 5) is 16.8. The Morgan fingerprint density at radius 3 is 2.90 bits per heavy atom. The minimum absolute atomic E-state index is 0.0346. The molecule has 4 heteroatoms. The van der Waals surface area contributed by atoms with Crippen molar-refractivity contribution in [2.45, 2.75) is 50.0 Å². The van der Waals surface area contributed by atoms with Crippen LogP contribution in [0.2, 0.25) is 0 Å². The van der Waals surface area contributed by atoms with Gasteiger partial charge in [0.05, 0.1) is 5.69 Å². The summed E-state index contributed by atoms with van der Waals surface area (Å²) in [6.45, 7) is 1.94. The lowest BCUT2D eigenvalue weighted by molar-refractivity contribution is 0.516. The molecule has 3 nitrogen and oxygen atoms in total. The average molecular weight is 288 g/mol. The quantitative estimate of drug-likeness (QED) is 0.866. The number of hydrogen-bond acceptors (Lipinski definition) is 3. The van der Waals surface area contributed by atoms with Gasteiger partial charge in [-0.15, -0.1) is 0 Å². The molecule has 0 aliphatic heterocycles. The molecule has 1 saturated carbocycles. The van der Waals surface area contributed by atoms with Crippen LogP contribution < -0.4 is 5.56 Å². The Labute approximate surface area is 123 Å². The third-order valence-corrected chi connectivity index (χ3v) is 5.36. The van der Waals surface area contributed by atoms with Crippen LogP contribution in [-0.4, -0.2) is 14.6 Å². The Bertz CT molecular complexity index is 659. The number of aromatic nitrogens is 2. The second kappa shape index (κ2) is 6.00. The van der Waals surface area contributed by atoms with E-state index in [0.717, 1.165) is 28.0 Å². The third kappa shape index (κ3) is 2.90. The van der Waals surface area contributed by atoms with Gasteiger partial charge in [-0.3, -0.25) is 9.20 Å². The summed E-state index contributed by atoms with van der Waals surface area (Å²) in [7, 11) is 0. The molecule has 1 aliphatic carbocycles. The van der Waals surface area contributed by atoms with Crippen molar-refractivity contribution >= 4 is 17.4 Å². The van der Waals surface area contributed by atoms with Crippen molar-refractivity contribution < 1.29 is 0 Å². The van der Waals surface area contributed by atoms with Crippen molar-refractivity contribution in [3.8, 4) is 0 Å². The molecular formula is C16H20N2OS. The van der Waals surface area contributed by atoms with Crippen LogP contribution in [0.25, 0.3) is 5.65 Å². The van der Waals surface area contributed by atoms with E-state index in [1.165, 1.54) is 32.1 Å². The lowest BCUT2D eigenvalue weighted by Gasteiger charge is -2.20. The first kappa shape index (κ1) is 13.7. The van der Waals surface area contributed by atoms with Crippen LogP contribution >= 0.6 is 11.8 Å². The predicted molar refractivity (Wildman–Crippen MR) is 84.4 cm³/mol. The van der Waals surface area contributed by atoms with E-state index in [9.17, 15) is 4.79 Å². The molecular weight excluding hydrogens is 268 g/mol. The van der Waals surface area contributed by atoms with Gasteiger partial charge in [-0.1, -0.05) is 25.3 Å². The van der Waals surface area contributed by atoms with Crippen molar-refractivity contribution in [3.05, 3.63) is 46.0 Å². The van der Waals surface area contributed by atoms with Gasteiger partial charge in [-0.2, -0.15) is 11.8 Å². The van der Waals surface area contributed by atoms with E-state index in [1.54, 1.807) is 10.5 Å². The summed E-state index contributed by atoms with van der Waals surface area (Å²) in [6, 6.07) is 7.49. The van der Waals surface area contributed by atoms with E-state index < -0.39 is 0 Å². The van der Waals surface area contributed by atoms with Crippen LogP contribution in [0.1, 0.15) is 43.5 Å². The third-order valence-electron chi connectivity index (χ3n) is 3.95. The van der Waals surface area contributed by atoms with Gasteiger partial charge in [0.2, 0.25) is 0 Å². The zero-order valence-electron chi connectivity index (χ0n) is 11.8. The molecule has 0 atom stereocenters. The maximum atomic E-state index is 12.2. The fourth-order valence-corrected chi connectivity index (χ4v) is 4.09. The molecule has 20 heavy (non-hydrogen) atoms. The highest BCUT2D eigenvalue weighted by Gasteiger charge is 2.14. The molecule has 0 unspecified atom stereocenters. The minimum atomic E-state index is 0.0346. The van der Waals surface area contributed by atoms with Gasteiger partial charge in [0.15, 0.2) is 0 Å². The maximum absolute atomic E-state index is 12.2. The van der Waals surface area contributed by atoms with Gasteiger partial charge in [0.1, 0.15) is 5.65 Å². The number of nitrogens with zero attached hydrogens (tertiary/aromatic N) is 2. The molecule has 0 aromatic carbocycles. The number of pyridine rings is 1. The molecule has 0 bridgehead atoms. The largest absolute Gasteiger partial charge is 0.269 e. The van der Waals surface area contributed by atoms with Crippen LogP contribution in [0.5, 0.6) is 0 Å². The Balaban J connectivity index is 1.80. The number of thioether (sulfide) groups is 1. The Morgan fingerprint density at radius 1 is 1.30 bits per heavy atom. The van der Waals surface area contributed by atoms with E-state index in [-0.39, 0.29) is 5.56 Å². The summed E-state index contributed by atoms with van der Waals surface area (Å²) in [6.07, 6.45) is 6.72. The highest BCUT2D eigenvalue weighted by atomic mass is 32.2. The lowest BCUT2D eigenvalue weighted by atomic mass is 10.0. The molecule has 3 rings (SSSR count). The van der Waals surface area contributed by atoms with Gasteiger partial charge in [0.25, 0.3) is 5.56 Å². The second-order valence-corrected chi connectivity index (χ2v) is 6.81. The fraction of sp³-hybridized carbons (Fsp3) is 0.500. The van der Waals surface area contributed by atoms with Crippen molar-refractivity contribution in [1.29, 1.82) is 0 Å². The molecule has 0 radical (unpaired) electrons. The minimum Gasteiger partial charge on any atom is -0.269 e. The van der Waals surface area contributed by atoms with Crippen molar-refractivity contribution in [3.63, 3.8) is 0 Å². The van der Waals surface area contributed by atoms with Gasteiger partial charge in [0, 0.05) is 22.8 Å². The number of fused-ring (bicyclic) bond motifs is 1. The van der Waals surface area contributed by atoms with E-state index >= 15 is 0 Å².